The molecule has 0 aliphatic heterocycles. The minimum Gasteiger partial charge on any atom is -0.345 e. The van der Waals surface area contributed by atoms with E-state index < -0.39 is 0 Å². The van der Waals surface area contributed by atoms with Crippen molar-refractivity contribution in [3.63, 3.8) is 0 Å². The predicted octanol–water partition coefficient (Wildman–Crippen LogP) is 8.15. The van der Waals surface area contributed by atoms with Crippen molar-refractivity contribution in [2.24, 2.45) is 0 Å². The molecule has 0 saturated heterocycles. The second-order valence-corrected chi connectivity index (χ2v) is 9.87. The van der Waals surface area contributed by atoms with Crippen LogP contribution in [0.2, 0.25) is 0 Å². The van der Waals surface area contributed by atoms with E-state index in [-0.39, 0.29) is 5.41 Å². The first-order chi connectivity index (χ1) is 15.8. The normalized spacial score (nSPS) is 13.4. The van der Waals surface area contributed by atoms with E-state index in [4.69, 9.17) is 0 Å². The Hall–Kier alpha value is -3.52. The molecule has 0 amide bonds. The van der Waals surface area contributed by atoms with Crippen LogP contribution >= 0.6 is 0 Å². The second kappa shape index (κ2) is 7.81. The van der Waals surface area contributed by atoms with E-state index in [1.165, 1.54) is 56.1 Å². The zero-order valence-electron chi connectivity index (χ0n) is 20.5. The summed E-state index contributed by atoms with van der Waals surface area (Å²) in [7, 11) is 4.30. The Morgan fingerprint density at radius 2 is 0.818 bits per heavy atom. The Kier molecular flexibility index (Phi) is 5.05. The zero-order chi connectivity index (χ0) is 23.3. The van der Waals surface area contributed by atoms with Crippen molar-refractivity contribution in [2.45, 2.75) is 33.1 Å². The van der Waals surface area contributed by atoms with Crippen molar-refractivity contribution >= 4 is 22.7 Å². The summed E-state index contributed by atoms with van der Waals surface area (Å²) in [6, 6.07) is 31.3. The van der Waals surface area contributed by atoms with Crippen LogP contribution in [0.4, 0.5) is 22.7 Å². The van der Waals surface area contributed by atoms with Gasteiger partial charge in [0.25, 0.3) is 0 Å². The van der Waals surface area contributed by atoms with E-state index in [2.05, 4.69) is 137 Å². The Morgan fingerprint density at radius 3 is 1.18 bits per heavy atom. The molecule has 0 saturated carbocycles. The topological polar surface area (TPSA) is 6.48 Å². The lowest BCUT2D eigenvalue weighted by Crippen LogP contribution is -2.17. The summed E-state index contributed by atoms with van der Waals surface area (Å²) in [5.74, 6) is 0. The van der Waals surface area contributed by atoms with Crippen LogP contribution in [0.3, 0.4) is 0 Å². The average molecular weight is 433 g/mol. The summed E-state index contributed by atoms with van der Waals surface area (Å²) in [6.07, 6.45) is 0. The van der Waals surface area contributed by atoms with Crippen molar-refractivity contribution < 1.29 is 0 Å². The molecule has 4 aromatic rings. The van der Waals surface area contributed by atoms with E-state index in [1.54, 1.807) is 0 Å². The van der Waals surface area contributed by atoms with E-state index in [9.17, 15) is 0 Å². The SMILES string of the molecule is Cc1ccc(N(C)c2ccc3c(c2)C(C)(C)c2cc(N(C)c4ccc(C)cc4)ccc2-3)cc1. The minimum absolute atomic E-state index is 0.0566. The molecule has 1 aliphatic carbocycles. The van der Waals surface area contributed by atoms with Gasteiger partial charge >= 0.3 is 0 Å². The van der Waals surface area contributed by atoms with Gasteiger partial charge < -0.3 is 9.80 Å². The highest BCUT2D eigenvalue weighted by atomic mass is 15.1. The van der Waals surface area contributed by atoms with Crippen molar-refractivity contribution in [1.29, 1.82) is 0 Å². The van der Waals surface area contributed by atoms with Crippen LogP contribution in [0, 0.1) is 13.8 Å². The Morgan fingerprint density at radius 1 is 0.485 bits per heavy atom. The molecule has 5 rings (SSSR count). The molecule has 33 heavy (non-hydrogen) atoms. The third-order valence-electron chi connectivity index (χ3n) is 7.26. The van der Waals surface area contributed by atoms with Crippen LogP contribution in [-0.2, 0) is 5.41 Å². The molecular weight excluding hydrogens is 400 g/mol. The van der Waals surface area contributed by atoms with Crippen LogP contribution in [0.1, 0.15) is 36.1 Å². The first-order valence-electron chi connectivity index (χ1n) is 11.7. The van der Waals surface area contributed by atoms with E-state index in [1.807, 2.05) is 0 Å². The lowest BCUT2D eigenvalue weighted by Gasteiger charge is -2.26. The molecule has 0 aromatic heterocycles. The van der Waals surface area contributed by atoms with Crippen LogP contribution in [-0.4, -0.2) is 14.1 Å². The maximum Gasteiger partial charge on any atom is 0.0411 e. The maximum absolute atomic E-state index is 2.37. The monoisotopic (exact) mass is 432 g/mol. The fraction of sp³-hybridized carbons (Fsp3) is 0.226. The summed E-state index contributed by atoms with van der Waals surface area (Å²) in [5, 5.41) is 0. The summed E-state index contributed by atoms with van der Waals surface area (Å²) in [5.41, 5.74) is 12.8. The molecule has 2 heteroatoms. The van der Waals surface area contributed by atoms with Gasteiger partial charge in [-0.15, -0.1) is 0 Å². The molecule has 0 bridgehead atoms. The van der Waals surface area contributed by atoms with Crippen molar-refractivity contribution in [2.75, 3.05) is 23.9 Å². The van der Waals surface area contributed by atoms with Gasteiger partial charge in [0.15, 0.2) is 0 Å². The van der Waals surface area contributed by atoms with Gasteiger partial charge in [0.2, 0.25) is 0 Å². The van der Waals surface area contributed by atoms with E-state index in [0.717, 1.165) is 0 Å². The number of rotatable bonds is 4. The minimum atomic E-state index is -0.0566. The largest absolute Gasteiger partial charge is 0.345 e. The summed E-state index contributed by atoms with van der Waals surface area (Å²) in [4.78, 5) is 4.55. The third-order valence-corrected chi connectivity index (χ3v) is 7.26. The number of anilines is 4. The first kappa shape index (κ1) is 21.3. The van der Waals surface area contributed by atoms with Gasteiger partial charge in [-0.05, 0) is 84.6 Å². The van der Waals surface area contributed by atoms with Gasteiger partial charge in [0, 0.05) is 42.3 Å². The third kappa shape index (κ3) is 3.60. The second-order valence-electron chi connectivity index (χ2n) is 9.87. The Balaban J connectivity index is 1.52. The van der Waals surface area contributed by atoms with Crippen LogP contribution in [0.25, 0.3) is 11.1 Å². The molecule has 0 fully saturated rings. The van der Waals surface area contributed by atoms with Gasteiger partial charge in [-0.2, -0.15) is 0 Å². The van der Waals surface area contributed by atoms with Crippen LogP contribution in [0.15, 0.2) is 84.9 Å². The summed E-state index contributed by atoms with van der Waals surface area (Å²) in [6.45, 7) is 8.96. The Labute approximate surface area is 198 Å². The zero-order valence-corrected chi connectivity index (χ0v) is 20.5. The highest BCUT2D eigenvalue weighted by Crippen LogP contribution is 2.51. The van der Waals surface area contributed by atoms with E-state index >= 15 is 0 Å². The molecule has 4 aromatic carbocycles. The molecule has 1 aliphatic rings. The standard InChI is InChI=1S/C31H32N2/c1-21-7-11-23(12-8-21)32(5)25-15-17-27-28-18-16-26(20-30(28)31(3,4)29(27)19-25)33(6)24-13-9-22(2)10-14-24/h7-20H,1-6H3. The fourth-order valence-corrected chi connectivity index (χ4v) is 4.97. The number of hydrogen-bond acceptors (Lipinski definition) is 2. The molecule has 0 N–H and O–H groups in total. The van der Waals surface area contributed by atoms with Gasteiger partial charge in [0.1, 0.15) is 0 Å². The predicted molar refractivity (Wildman–Crippen MR) is 142 cm³/mol. The quantitative estimate of drug-likeness (QED) is 0.321. The van der Waals surface area contributed by atoms with Crippen molar-refractivity contribution in [1.82, 2.24) is 0 Å². The molecule has 0 heterocycles. The van der Waals surface area contributed by atoms with Gasteiger partial charge in [-0.3, -0.25) is 0 Å². The smallest absolute Gasteiger partial charge is 0.0411 e. The molecule has 166 valence electrons. The summed E-state index contributed by atoms with van der Waals surface area (Å²) >= 11 is 0. The highest BCUT2D eigenvalue weighted by Gasteiger charge is 2.36. The maximum atomic E-state index is 2.37. The van der Waals surface area contributed by atoms with Gasteiger partial charge in [-0.25, -0.2) is 0 Å². The van der Waals surface area contributed by atoms with Crippen molar-refractivity contribution in [3.8, 4) is 11.1 Å². The molecule has 0 radical (unpaired) electrons. The number of fused-ring (bicyclic) bond motifs is 3. The lowest BCUT2D eigenvalue weighted by atomic mass is 9.82. The van der Waals surface area contributed by atoms with Crippen molar-refractivity contribution in [3.05, 3.63) is 107 Å². The molecule has 0 unspecified atom stereocenters. The number of nitrogens with zero attached hydrogens (tertiary/aromatic N) is 2. The summed E-state index contributed by atoms with van der Waals surface area (Å²) < 4.78 is 0. The number of hydrogen-bond donors (Lipinski definition) is 0. The van der Waals surface area contributed by atoms with Gasteiger partial charge in [-0.1, -0.05) is 61.4 Å². The molecule has 0 atom stereocenters. The highest BCUT2D eigenvalue weighted by molar-refractivity contribution is 5.85. The number of aryl methyl sites for hydroxylation is 2. The van der Waals surface area contributed by atoms with Crippen LogP contribution in [0.5, 0.6) is 0 Å². The van der Waals surface area contributed by atoms with Gasteiger partial charge in [0.05, 0.1) is 0 Å². The molecule has 0 spiro atoms. The molecule has 2 nitrogen and oxygen atoms in total. The first-order valence-corrected chi connectivity index (χ1v) is 11.7. The van der Waals surface area contributed by atoms with E-state index in [0.29, 0.717) is 0 Å². The average Bonchev–Trinajstić information content (AvgIpc) is 3.05. The van der Waals surface area contributed by atoms with Crippen LogP contribution < -0.4 is 9.80 Å². The number of benzene rings is 4. The molecular formula is C31H32N2. The lowest BCUT2D eigenvalue weighted by molar-refractivity contribution is 0.660. The Bertz CT molecular complexity index is 1210. The fourth-order valence-electron chi connectivity index (χ4n) is 4.97.